The average molecular weight is 471 g/mol. The van der Waals surface area contributed by atoms with E-state index in [1.165, 1.54) is 8.61 Å². The minimum atomic E-state index is -3.80. The van der Waals surface area contributed by atoms with E-state index in [4.69, 9.17) is 0 Å². The lowest BCUT2D eigenvalue weighted by atomic mass is 10.1. The van der Waals surface area contributed by atoms with Gasteiger partial charge >= 0.3 is 0 Å². The van der Waals surface area contributed by atoms with Crippen molar-refractivity contribution in [1.82, 2.24) is 8.61 Å². The molecule has 0 aliphatic carbocycles. The van der Waals surface area contributed by atoms with Gasteiger partial charge in [0.1, 0.15) is 0 Å². The van der Waals surface area contributed by atoms with Crippen LogP contribution in [-0.4, -0.2) is 45.1 Å². The molecule has 1 heterocycles. The maximum absolute atomic E-state index is 13.5. The third-order valence-electron chi connectivity index (χ3n) is 5.76. The zero-order chi connectivity index (χ0) is 22.9. The smallest absolute Gasteiger partial charge is 0.207 e. The summed E-state index contributed by atoms with van der Waals surface area (Å²) in [6, 6.07) is 22.0. The second-order valence-electron chi connectivity index (χ2n) is 8.03. The maximum atomic E-state index is 13.5. The first-order valence-corrected chi connectivity index (χ1v) is 13.3. The molecule has 0 amide bonds. The van der Waals surface area contributed by atoms with Crippen molar-refractivity contribution in [2.24, 2.45) is 0 Å². The van der Waals surface area contributed by atoms with Crippen LogP contribution in [0.1, 0.15) is 22.7 Å². The molecule has 32 heavy (non-hydrogen) atoms. The Hall–Kier alpha value is -2.52. The summed E-state index contributed by atoms with van der Waals surface area (Å²) in [5.41, 5.74) is 2.70. The van der Waals surface area contributed by atoms with E-state index < -0.39 is 26.1 Å². The van der Waals surface area contributed by atoms with E-state index in [0.717, 1.165) is 16.7 Å². The number of aryl methyl sites for hydroxylation is 2. The summed E-state index contributed by atoms with van der Waals surface area (Å²) in [6.07, 6.45) is 0. The Labute approximate surface area is 190 Å². The van der Waals surface area contributed by atoms with Gasteiger partial charge in [-0.3, -0.25) is 0 Å². The third-order valence-corrected chi connectivity index (χ3v) is 9.57. The molecule has 1 unspecified atom stereocenters. The normalized spacial score (nSPS) is 18.5. The van der Waals surface area contributed by atoms with Crippen molar-refractivity contribution in [1.29, 1.82) is 0 Å². The lowest BCUT2D eigenvalue weighted by Gasteiger charge is -2.40. The minimum Gasteiger partial charge on any atom is -0.207 e. The van der Waals surface area contributed by atoms with Gasteiger partial charge in [0, 0.05) is 19.6 Å². The standard InChI is InChI=1S/C24H26N2O4S2/c1-19-8-12-22(13-9-19)31(27,28)25-16-17-26(24(18-25)21-6-4-3-5-7-21)32(29,30)23-14-10-20(2)11-15-23/h3-15,24H,16-18H2,1-2H3. The lowest BCUT2D eigenvalue weighted by molar-refractivity contribution is 0.202. The van der Waals surface area contributed by atoms with E-state index in [1.54, 1.807) is 48.5 Å². The Balaban J connectivity index is 1.71. The molecule has 0 radical (unpaired) electrons. The van der Waals surface area contributed by atoms with E-state index in [-0.39, 0.29) is 29.4 Å². The molecule has 1 aliphatic rings. The zero-order valence-corrected chi connectivity index (χ0v) is 19.7. The van der Waals surface area contributed by atoms with Crippen LogP contribution >= 0.6 is 0 Å². The molecule has 8 heteroatoms. The van der Waals surface area contributed by atoms with Crippen molar-refractivity contribution in [2.75, 3.05) is 19.6 Å². The van der Waals surface area contributed by atoms with Crippen molar-refractivity contribution in [3.63, 3.8) is 0 Å². The fourth-order valence-corrected chi connectivity index (χ4v) is 6.93. The molecule has 1 atom stereocenters. The number of hydrogen-bond acceptors (Lipinski definition) is 4. The van der Waals surface area contributed by atoms with Crippen LogP contribution in [0.2, 0.25) is 0 Å². The van der Waals surface area contributed by atoms with E-state index in [9.17, 15) is 16.8 Å². The van der Waals surface area contributed by atoms with Gasteiger partial charge in [-0.05, 0) is 43.7 Å². The molecule has 0 N–H and O–H groups in total. The van der Waals surface area contributed by atoms with E-state index in [2.05, 4.69) is 0 Å². The van der Waals surface area contributed by atoms with Crippen LogP contribution in [0.5, 0.6) is 0 Å². The molecular weight excluding hydrogens is 444 g/mol. The second-order valence-corrected chi connectivity index (χ2v) is 11.9. The number of piperazine rings is 1. The Morgan fingerprint density at radius 1 is 0.656 bits per heavy atom. The van der Waals surface area contributed by atoms with Crippen molar-refractivity contribution in [3.8, 4) is 0 Å². The quantitative estimate of drug-likeness (QED) is 0.569. The fraction of sp³-hybridized carbons (Fsp3) is 0.250. The van der Waals surface area contributed by atoms with Crippen LogP contribution in [0.3, 0.4) is 0 Å². The monoisotopic (exact) mass is 470 g/mol. The molecule has 6 nitrogen and oxygen atoms in total. The highest BCUT2D eigenvalue weighted by Gasteiger charge is 2.40. The highest BCUT2D eigenvalue weighted by molar-refractivity contribution is 7.89. The van der Waals surface area contributed by atoms with Crippen LogP contribution in [0.15, 0.2) is 88.7 Å². The van der Waals surface area contributed by atoms with Crippen molar-refractivity contribution in [2.45, 2.75) is 29.7 Å². The molecule has 4 rings (SSSR count). The summed E-state index contributed by atoms with van der Waals surface area (Å²) in [7, 11) is -7.55. The highest BCUT2D eigenvalue weighted by Crippen LogP contribution is 2.33. The highest BCUT2D eigenvalue weighted by atomic mass is 32.2. The van der Waals surface area contributed by atoms with Crippen LogP contribution in [0, 0.1) is 13.8 Å². The summed E-state index contributed by atoms with van der Waals surface area (Å²) in [4.78, 5) is 0.420. The molecular formula is C24H26N2O4S2. The Bertz CT molecular complexity index is 1290. The lowest BCUT2D eigenvalue weighted by Crippen LogP contribution is -2.52. The molecule has 0 saturated carbocycles. The Morgan fingerprint density at radius 3 is 1.69 bits per heavy atom. The van der Waals surface area contributed by atoms with Crippen LogP contribution in [0.25, 0.3) is 0 Å². The fourth-order valence-electron chi connectivity index (χ4n) is 3.90. The Kier molecular flexibility index (Phi) is 6.22. The predicted octanol–water partition coefficient (Wildman–Crippen LogP) is 3.74. The maximum Gasteiger partial charge on any atom is 0.243 e. The zero-order valence-electron chi connectivity index (χ0n) is 18.0. The summed E-state index contributed by atoms with van der Waals surface area (Å²) < 4.78 is 56.4. The molecule has 1 fully saturated rings. The molecule has 0 spiro atoms. The first-order valence-electron chi connectivity index (χ1n) is 10.4. The van der Waals surface area contributed by atoms with E-state index >= 15 is 0 Å². The topological polar surface area (TPSA) is 74.8 Å². The van der Waals surface area contributed by atoms with Gasteiger partial charge in [0.05, 0.1) is 15.8 Å². The third kappa shape index (κ3) is 4.36. The molecule has 1 saturated heterocycles. The molecule has 0 aromatic heterocycles. The van der Waals surface area contributed by atoms with Gasteiger partial charge in [0.2, 0.25) is 20.0 Å². The van der Waals surface area contributed by atoms with Crippen molar-refractivity contribution < 1.29 is 16.8 Å². The SMILES string of the molecule is Cc1ccc(S(=O)(=O)N2CCN(S(=O)(=O)c3ccc(C)cc3)C(c3ccccc3)C2)cc1. The minimum absolute atomic E-state index is 0.0469. The largest absolute Gasteiger partial charge is 0.243 e. The number of benzene rings is 3. The van der Waals surface area contributed by atoms with Crippen molar-refractivity contribution in [3.05, 3.63) is 95.6 Å². The number of rotatable bonds is 5. The van der Waals surface area contributed by atoms with Gasteiger partial charge < -0.3 is 0 Å². The van der Waals surface area contributed by atoms with Crippen molar-refractivity contribution >= 4 is 20.0 Å². The van der Waals surface area contributed by atoms with Gasteiger partial charge in [0.25, 0.3) is 0 Å². The summed E-state index contributed by atoms with van der Waals surface area (Å²) in [5.74, 6) is 0. The predicted molar refractivity (Wildman–Crippen MR) is 124 cm³/mol. The van der Waals surface area contributed by atoms with E-state index in [1.807, 2.05) is 44.2 Å². The van der Waals surface area contributed by atoms with Crippen LogP contribution in [-0.2, 0) is 20.0 Å². The number of hydrogen-bond donors (Lipinski definition) is 0. The number of sulfonamides is 2. The second kappa shape index (κ2) is 8.78. The average Bonchev–Trinajstić information content (AvgIpc) is 2.80. The summed E-state index contributed by atoms with van der Waals surface area (Å²) in [6.45, 7) is 4.01. The van der Waals surface area contributed by atoms with Gasteiger partial charge in [0.15, 0.2) is 0 Å². The van der Waals surface area contributed by atoms with Gasteiger partial charge in [-0.1, -0.05) is 65.7 Å². The van der Waals surface area contributed by atoms with Gasteiger partial charge in [-0.25, -0.2) is 16.8 Å². The van der Waals surface area contributed by atoms with E-state index in [0.29, 0.717) is 0 Å². The first-order chi connectivity index (χ1) is 15.2. The summed E-state index contributed by atoms with van der Waals surface area (Å²) >= 11 is 0. The van der Waals surface area contributed by atoms with Gasteiger partial charge in [-0.15, -0.1) is 0 Å². The molecule has 0 bridgehead atoms. The van der Waals surface area contributed by atoms with Crippen LogP contribution < -0.4 is 0 Å². The molecule has 3 aromatic rings. The van der Waals surface area contributed by atoms with Gasteiger partial charge in [-0.2, -0.15) is 8.61 Å². The number of nitrogens with zero attached hydrogens (tertiary/aromatic N) is 2. The first kappa shape index (κ1) is 22.7. The van der Waals surface area contributed by atoms with Crippen LogP contribution in [0.4, 0.5) is 0 Å². The molecule has 168 valence electrons. The molecule has 3 aromatic carbocycles. The summed E-state index contributed by atoms with van der Waals surface area (Å²) in [5, 5.41) is 0. The Morgan fingerprint density at radius 2 is 1.16 bits per heavy atom. The molecule has 1 aliphatic heterocycles.